The number of azide groups is 1. The SMILES string of the molecule is COC(=O)C1O[C@@H](OC(C)=O)C(OC(C)=O)[C@@H](OCc2ccccc2)[C@H]1O[C@@H]1OC(COCc2ccccc2)[C@H](OCc2ccc(OC)cc2)[C@H](OCc2ccccc2)C1N=[N+]=[N-]. The van der Waals surface area contributed by atoms with Crippen LogP contribution in [0.25, 0.3) is 10.4 Å². The number of benzene rings is 4. The summed E-state index contributed by atoms with van der Waals surface area (Å²) in [4.78, 5) is 41.8. The van der Waals surface area contributed by atoms with E-state index in [1.54, 1.807) is 19.2 Å². The van der Waals surface area contributed by atoms with Crippen molar-refractivity contribution in [2.45, 2.75) is 102 Å². The van der Waals surface area contributed by atoms with Crippen LogP contribution in [0, 0.1) is 0 Å². The van der Waals surface area contributed by atoms with Crippen molar-refractivity contribution in [3.05, 3.63) is 148 Å². The fourth-order valence-corrected chi connectivity index (χ4v) is 7.21. The highest BCUT2D eigenvalue weighted by atomic mass is 16.8. The van der Waals surface area contributed by atoms with Gasteiger partial charge in [-0.1, -0.05) is 108 Å². The molecule has 17 nitrogen and oxygen atoms in total. The zero-order valence-electron chi connectivity index (χ0n) is 35.3. The summed E-state index contributed by atoms with van der Waals surface area (Å²) < 4.78 is 67.1. The van der Waals surface area contributed by atoms with Gasteiger partial charge in [-0.25, -0.2) is 4.79 Å². The van der Waals surface area contributed by atoms with Crippen molar-refractivity contribution in [2.24, 2.45) is 5.11 Å². The van der Waals surface area contributed by atoms with Crippen molar-refractivity contribution in [2.75, 3.05) is 20.8 Å². The van der Waals surface area contributed by atoms with Crippen LogP contribution in [0.3, 0.4) is 0 Å². The van der Waals surface area contributed by atoms with E-state index in [9.17, 15) is 19.9 Å². The minimum atomic E-state index is -1.66. The average Bonchev–Trinajstić information content (AvgIpc) is 3.29. The van der Waals surface area contributed by atoms with Crippen molar-refractivity contribution in [1.29, 1.82) is 0 Å². The number of ether oxygens (including phenoxy) is 11. The molecule has 4 aromatic rings. The van der Waals surface area contributed by atoms with Crippen LogP contribution in [0.1, 0.15) is 36.1 Å². The summed E-state index contributed by atoms with van der Waals surface area (Å²) in [6.45, 7) is 2.52. The number of methoxy groups -OCH3 is 2. The zero-order chi connectivity index (χ0) is 44.6. The molecule has 2 aliphatic rings. The second-order valence-corrected chi connectivity index (χ2v) is 14.6. The molecule has 0 aliphatic carbocycles. The van der Waals surface area contributed by atoms with E-state index in [1.807, 2.05) is 103 Å². The van der Waals surface area contributed by atoms with Crippen molar-refractivity contribution in [3.8, 4) is 5.75 Å². The predicted molar refractivity (Wildman–Crippen MR) is 222 cm³/mol. The molecule has 0 N–H and O–H groups in total. The normalized spacial score (nSPS) is 25.5. The van der Waals surface area contributed by atoms with Gasteiger partial charge in [0.25, 0.3) is 0 Å². The van der Waals surface area contributed by atoms with Crippen molar-refractivity contribution in [1.82, 2.24) is 0 Å². The number of carbonyl (C=O) groups excluding carboxylic acids is 3. The largest absolute Gasteiger partial charge is 0.497 e. The number of nitrogens with zero attached hydrogens (tertiary/aromatic N) is 3. The van der Waals surface area contributed by atoms with Crippen LogP contribution < -0.4 is 4.74 Å². The van der Waals surface area contributed by atoms with E-state index in [2.05, 4.69) is 10.0 Å². The predicted octanol–water partition coefficient (Wildman–Crippen LogP) is 6.15. The number of carbonyl (C=O) groups is 3. The van der Waals surface area contributed by atoms with Gasteiger partial charge in [0.1, 0.15) is 42.3 Å². The molecule has 2 fully saturated rings. The van der Waals surface area contributed by atoms with Crippen LogP contribution in [0.2, 0.25) is 0 Å². The first-order valence-electron chi connectivity index (χ1n) is 20.3. The first-order valence-corrected chi connectivity index (χ1v) is 20.3. The molecule has 4 unspecified atom stereocenters. The summed E-state index contributed by atoms with van der Waals surface area (Å²) in [6, 6.07) is 34.0. The zero-order valence-corrected chi connectivity index (χ0v) is 35.3. The number of rotatable bonds is 20. The van der Waals surface area contributed by atoms with Gasteiger partial charge in [0.2, 0.25) is 6.29 Å². The van der Waals surface area contributed by atoms with Gasteiger partial charge in [-0.15, -0.1) is 0 Å². The van der Waals surface area contributed by atoms with Gasteiger partial charge in [0.05, 0.1) is 47.3 Å². The highest BCUT2D eigenvalue weighted by Gasteiger charge is 2.57. The van der Waals surface area contributed by atoms with Crippen molar-refractivity contribution in [3.63, 3.8) is 0 Å². The third-order valence-electron chi connectivity index (χ3n) is 10.2. The van der Waals surface area contributed by atoms with Gasteiger partial charge in [0, 0.05) is 18.8 Å². The number of hydrogen-bond donors (Lipinski definition) is 0. The second-order valence-electron chi connectivity index (χ2n) is 14.6. The summed E-state index contributed by atoms with van der Waals surface area (Å²) in [7, 11) is 2.72. The highest BCUT2D eigenvalue weighted by molar-refractivity contribution is 5.76. The van der Waals surface area contributed by atoms with Crippen LogP contribution in [0.15, 0.2) is 120 Å². The quantitative estimate of drug-likeness (QED) is 0.0322. The molecule has 0 bridgehead atoms. The van der Waals surface area contributed by atoms with Gasteiger partial charge < -0.3 is 52.1 Å². The minimum absolute atomic E-state index is 0.0592. The first kappa shape index (κ1) is 46.6. The van der Waals surface area contributed by atoms with E-state index >= 15 is 0 Å². The van der Waals surface area contributed by atoms with E-state index in [1.165, 1.54) is 0 Å². The summed E-state index contributed by atoms with van der Waals surface area (Å²) in [5.74, 6) is -1.84. The standard InChI is InChI=1S/C46H51N3O14/c1-29(50)59-43-40(58-26-33-18-12-7-13-19-33)41(42(44(52)54-4)63-46(43)60-30(2)51)62-45-37(48-49-47)39(57-25-32-16-10-6-11-17-32)38(56-27-34-20-22-35(53-3)23-21-34)36(61-45)28-55-24-31-14-8-5-9-15-31/h5-23,36-43,45-46H,24-28H2,1-4H3/t36?,37?,38-,39+,40-,41+,42?,43?,45-,46+/m0/s1. The summed E-state index contributed by atoms with van der Waals surface area (Å²) >= 11 is 0. The summed E-state index contributed by atoms with van der Waals surface area (Å²) in [5.41, 5.74) is 13.3. The molecule has 0 amide bonds. The average molecular weight is 870 g/mol. The Balaban J connectivity index is 1.41. The Hall–Kier alpha value is -5.88. The lowest BCUT2D eigenvalue weighted by atomic mass is 9.95. The molecule has 334 valence electrons. The highest BCUT2D eigenvalue weighted by Crippen LogP contribution is 2.36. The fraction of sp³-hybridized carbons (Fsp3) is 0.413. The monoisotopic (exact) mass is 869 g/mol. The number of hydrogen-bond acceptors (Lipinski definition) is 15. The molecule has 0 spiro atoms. The van der Waals surface area contributed by atoms with Gasteiger partial charge in [0.15, 0.2) is 18.5 Å². The van der Waals surface area contributed by atoms with Crippen LogP contribution >= 0.6 is 0 Å². The minimum Gasteiger partial charge on any atom is -0.497 e. The Bertz CT molecular complexity index is 2090. The van der Waals surface area contributed by atoms with E-state index < -0.39 is 79.3 Å². The van der Waals surface area contributed by atoms with Gasteiger partial charge >= 0.3 is 17.9 Å². The van der Waals surface area contributed by atoms with E-state index in [-0.39, 0.29) is 33.0 Å². The molecule has 0 saturated carbocycles. The fourth-order valence-electron chi connectivity index (χ4n) is 7.21. The van der Waals surface area contributed by atoms with E-state index in [0.29, 0.717) is 11.3 Å². The lowest BCUT2D eigenvalue weighted by molar-refractivity contribution is -0.346. The van der Waals surface area contributed by atoms with E-state index in [4.69, 9.17) is 52.1 Å². The molecule has 6 rings (SSSR count). The van der Waals surface area contributed by atoms with Crippen molar-refractivity contribution < 1.29 is 66.5 Å². The maximum absolute atomic E-state index is 13.7. The molecule has 2 saturated heterocycles. The molecule has 0 aromatic heterocycles. The van der Waals surface area contributed by atoms with Gasteiger partial charge in [-0.2, -0.15) is 0 Å². The smallest absolute Gasteiger partial charge is 0.338 e. The second kappa shape index (κ2) is 23.5. The third-order valence-corrected chi connectivity index (χ3v) is 10.2. The van der Waals surface area contributed by atoms with Crippen LogP contribution in [-0.4, -0.2) is 100 Å². The van der Waals surface area contributed by atoms with Gasteiger partial charge in [-0.3, -0.25) is 9.59 Å². The Labute approximate surface area is 364 Å². The maximum atomic E-state index is 13.7. The Morgan fingerprint density at radius 3 is 1.65 bits per heavy atom. The Morgan fingerprint density at radius 1 is 0.603 bits per heavy atom. The molecule has 2 aliphatic heterocycles. The molecule has 63 heavy (non-hydrogen) atoms. The Morgan fingerprint density at radius 2 is 1.13 bits per heavy atom. The molecular weight excluding hydrogens is 819 g/mol. The molecule has 2 heterocycles. The molecular formula is C46H51N3O14. The summed E-state index contributed by atoms with van der Waals surface area (Å²) in [5, 5.41) is 4.16. The molecule has 17 heteroatoms. The van der Waals surface area contributed by atoms with Crippen molar-refractivity contribution >= 4 is 17.9 Å². The lowest BCUT2D eigenvalue weighted by Crippen LogP contribution is -2.66. The lowest BCUT2D eigenvalue weighted by Gasteiger charge is -2.48. The molecule has 10 atom stereocenters. The Kier molecular flexibility index (Phi) is 17.4. The molecule has 0 radical (unpaired) electrons. The van der Waals surface area contributed by atoms with E-state index in [0.717, 1.165) is 37.6 Å². The number of esters is 3. The first-order chi connectivity index (χ1) is 30.7. The topological polar surface area (TPSA) is 201 Å². The van der Waals surface area contributed by atoms with Crippen LogP contribution in [0.5, 0.6) is 5.75 Å². The maximum Gasteiger partial charge on any atom is 0.338 e. The van der Waals surface area contributed by atoms with Crippen LogP contribution in [-0.2, 0) is 88.2 Å². The van der Waals surface area contributed by atoms with Gasteiger partial charge in [-0.05, 0) is 39.9 Å². The molecule has 4 aromatic carbocycles. The third kappa shape index (κ3) is 13.1. The summed E-state index contributed by atoms with van der Waals surface area (Å²) in [6.07, 6.45) is -12.1. The van der Waals surface area contributed by atoms with Crippen LogP contribution in [0.4, 0.5) is 0 Å².